The normalized spacial score (nSPS) is 11.0. The lowest BCUT2D eigenvalue weighted by molar-refractivity contribution is 0.102. The van der Waals surface area contributed by atoms with Crippen LogP contribution in [0.2, 0.25) is 0 Å². The first-order valence-corrected chi connectivity index (χ1v) is 9.35. The lowest BCUT2D eigenvalue weighted by Gasteiger charge is -2.00. The molecule has 2 aromatic heterocycles. The number of fused-ring (bicyclic) bond motifs is 1. The number of aryl methyl sites for hydroxylation is 1. The molecule has 0 fully saturated rings. The predicted molar refractivity (Wildman–Crippen MR) is 96.8 cm³/mol. The van der Waals surface area contributed by atoms with E-state index in [1.807, 2.05) is 25.3 Å². The van der Waals surface area contributed by atoms with Gasteiger partial charge in [-0.15, -0.1) is 10.2 Å². The molecule has 0 spiro atoms. The van der Waals surface area contributed by atoms with Crippen LogP contribution in [0.15, 0.2) is 28.7 Å². The molecule has 23 heavy (non-hydrogen) atoms. The summed E-state index contributed by atoms with van der Waals surface area (Å²) < 4.78 is 0.809. The standard InChI is InChI=1S/C16H18N4OS2/c1-3-10-6-5-7-11-12(8-18-14(10)11)13(21)9-22-16-20-19-15(23-16)17-4-2/h5-8,18H,3-4,9H2,1-2H3,(H,17,19). The number of aromatic nitrogens is 3. The van der Waals surface area contributed by atoms with Crippen LogP contribution >= 0.6 is 23.1 Å². The van der Waals surface area contributed by atoms with Crippen molar-refractivity contribution in [1.82, 2.24) is 15.2 Å². The van der Waals surface area contributed by atoms with Crippen LogP contribution in [0.4, 0.5) is 5.13 Å². The highest BCUT2D eigenvalue weighted by Crippen LogP contribution is 2.28. The molecule has 0 aliphatic carbocycles. The highest BCUT2D eigenvalue weighted by atomic mass is 32.2. The maximum atomic E-state index is 12.5. The molecule has 0 atom stereocenters. The SMILES string of the molecule is CCNc1nnc(SCC(=O)c2c[nH]c3c(CC)cccc23)s1. The van der Waals surface area contributed by atoms with Crippen molar-refractivity contribution in [2.75, 3.05) is 17.6 Å². The van der Waals surface area contributed by atoms with Crippen LogP contribution in [-0.2, 0) is 6.42 Å². The minimum absolute atomic E-state index is 0.106. The fourth-order valence-electron chi connectivity index (χ4n) is 2.44. The van der Waals surface area contributed by atoms with Crippen molar-refractivity contribution in [3.63, 3.8) is 0 Å². The van der Waals surface area contributed by atoms with Crippen molar-refractivity contribution in [1.29, 1.82) is 0 Å². The summed E-state index contributed by atoms with van der Waals surface area (Å²) in [6, 6.07) is 6.09. The Labute approximate surface area is 142 Å². The van der Waals surface area contributed by atoms with Gasteiger partial charge in [0, 0.05) is 29.2 Å². The molecular formula is C16H18N4OS2. The molecule has 3 rings (SSSR count). The van der Waals surface area contributed by atoms with Gasteiger partial charge in [0.15, 0.2) is 10.1 Å². The summed E-state index contributed by atoms with van der Waals surface area (Å²) in [6.45, 7) is 4.94. The zero-order valence-corrected chi connectivity index (χ0v) is 14.7. The molecule has 2 heterocycles. The second kappa shape index (κ2) is 7.14. The van der Waals surface area contributed by atoms with E-state index in [2.05, 4.69) is 33.5 Å². The molecule has 120 valence electrons. The Kier molecular flexibility index (Phi) is 4.97. The average molecular weight is 346 g/mol. The fourth-order valence-corrected chi connectivity index (χ4v) is 4.14. The van der Waals surface area contributed by atoms with Gasteiger partial charge in [0.1, 0.15) is 0 Å². The predicted octanol–water partition coefficient (Wildman–Crippen LogP) is 3.99. The molecule has 1 aromatic carbocycles. The summed E-state index contributed by atoms with van der Waals surface area (Å²) in [5.41, 5.74) is 3.04. The minimum atomic E-state index is 0.106. The largest absolute Gasteiger partial charge is 0.360 e. The number of nitrogens with one attached hydrogen (secondary N) is 2. The molecule has 0 radical (unpaired) electrons. The van der Waals surface area contributed by atoms with E-state index in [4.69, 9.17) is 0 Å². The van der Waals surface area contributed by atoms with Gasteiger partial charge in [0.25, 0.3) is 0 Å². The lowest BCUT2D eigenvalue weighted by atomic mass is 10.1. The number of hydrogen-bond acceptors (Lipinski definition) is 6. The van der Waals surface area contributed by atoms with Crippen LogP contribution in [-0.4, -0.2) is 33.3 Å². The van der Waals surface area contributed by atoms with E-state index in [0.29, 0.717) is 5.75 Å². The first kappa shape index (κ1) is 16.0. The van der Waals surface area contributed by atoms with Gasteiger partial charge in [-0.1, -0.05) is 48.2 Å². The van der Waals surface area contributed by atoms with E-state index >= 15 is 0 Å². The quantitative estimate of drug-likeness (QED) is 0.500. The molecule has 0 unspecified atom stereocenters. The van der Waals surface area contributed by atoms with Gasteiger partial charge in [-0.2, -0.15) is 0 Å². The Morgan fingerprint density at radius 1 is 1.35 bits per heavy atom. The van der Waals surface area contributed by atoms with Crippen LogP contribution in [0.1, 0.15) is 29.8 Å². The van der Waals surface area contributed by atoms with Gasteiger partial charge in [-0.25, -0.2) is 0 Å². The number of para-hydroxylation sites is 1. The molecule has 0 saturated heterocycles. The van der Waals surface area contributed by atoms with Gasteiger partial charge in [-0.3, -0.25) is 4.79 Å². The van der Waals surface area contributed by atoms with Crippen molar-refractivity contribution >= 4 is 44.9 Å². The van der Waals surface area contributed by atoms with Crippen LogP contribution < -0.4 is 5.32 Å². The topological polar surface area (TPSA) is 70.7 Å². The number of aromatic amines is 1. The lowest BCUT2D eigenvalue weighted by Crippen LogP contribution is -2.01. The van der Waals surface area contributed by atoms with E-state index in [-0.39, 0.29) is 5.78 Å². The maximum absolute atomic E-state index is 12.5. The number of H-pyrrole nitrogens is 1. The summed E-state index contributed by atoms with van der Waals surface area (Å²) in [6.07, 6.45) is 2.76. The second-order valence-corrected chi connectivity index (χ2v) is 7.21. The van der Waals surface area contributed by atoms with Crippen molar-refractivity contribution < 1.29 is 4.79 Å². The highest BCUT2D eigenvalue weighted by molar-refractivity contribution is 8.01. The van der Waals surface area contributed by atoms with E-state index in [9.17, 15) is 4.79 Å². The van der Waals surface area contributed by atoms with Gasteiger partial charge in [-0.05, 0) is 18.9 Å². The summed E-state index contributed by atoms with van der Waals surface area (Å²) in [5.74, 6) is 0.471. The molecule has 5 nitrogen and oxygen atoms in total. The fraction of sp³-hybridized carbons (Fsp3) is 0.312. The molecule has 0 aliphatic rings. The Bertz CT molecular complexity index is 824. The number of hydrogen-bond donors (Lipinski definition) is 2. The number of benzene rings is 1. The van der Waals surface area contributed by atoms with E-state index in [1.54, 1.807) is 0 Å². The Morgan fingerprint density at radius 2 is 2.22 bits per heavy atom. The van der Waals surface area contributed by atoms with Gasteiger partial charge in [0.2, 0.25) is 5.13 Å². The highest BCUT2D eigenvalue weighted by Gasteiger charge is 2.15. The Balaban J connectivity index is 1.73. The van der Waals surface area contributed by atoms with Crippen molar-refractivity contribution in [2.45, 2.75) is 24.6 Å². The second-order valence-electron chi connectivity index (χ2n) is 5.01. The molecule has 0 saturated carbocycles. The maximum Gasteiger partial charge on any atom is 0.206 e. The van der Waals surface area contributed by atoms with Gasteiger partial charge >= 0.3 is 0 Å². The number of ketones is 1. The van der Waals surface area contributed by atoms with Crippen LogP contribution in [0, 0.1) is 0 Å². The van der Waals surface area contributed by atoms with Crippen molar-refractivity contribution in [3.8, 4) is 0 Å². The summed E-state index contributed by atoms with van der Waals surface area (Å²) in [5, 5.41) is 13.0. The molecular weight excluding hydrogens is 328 g/mol. The van der Waals surface area contributed by atoms with Gasteiger partial charge in [0.05, 0.1) is 5.75 Å². The van der Waals surface area contributed by atoms with Crippen molar-refractivity contribution in [3.05, 3.63) is 35.5 Å². The smallest absolute Gasteiger partial charge is 0.206 e. The number of carbonyl (C=O) groups is 1. The van der Waals surface area contributed by atoms with Crippen LogP contribution in [0.3, 0.4) is 0 Å². The van der Waals surface area contributed by atoms with Gasteiger partial charge < -0.3 is 10.3 Å². The summed E-state index contributed by atoms with van der Waals surface area (Å²) >= 11 is 2.91. The summed E-state index contributed by atoms with van der Waals surface area (Å²) in [7, 11) is 0. The Morgan fingerprint density at radius 3 is 3.00 bits per heavy atom. The first-order chi connectivity index (χ1) is 11.2. The number of nitrogens with zero attached hydrogens (tertiary/aromatic N) is 2. The zero-order chi connectivity index (χ0) is 16.2. The van der Waals surface area contributed by atoms with E-state index in [1.165, 1.54) is 28.7 Å². The number of rotatable bonds is 7. The first-order valence-electron chi connectivity index (χ1n) is 7.55. The van der Waals surface area contributed by atoms with Crippen LogP contribution in [0.5, 0.6) is 0 Å². The number of Topliss-reactive ketones (excluding diaryl/α,β-unsaturated/α-hetero) is 1. The third kappa shape index (κ3) is 3.40. The number of thioether (sulfide) groups is 1. The molecule has 7 heteroatoms. The van der Waals surface area contributed by atoms with E-state index < -0.39 is 0 Å². The molecule has 0 bridgehead atoms. The third-order valence-corrected chi connectivity index (χ3v) is 5.56. The Hall–Kier alpha value is -1.86. The number of anilines is 1. The third-order valence-electron chi connectivity index (χ3n) is 3.54. The molecule has 2 N–H and O–H groups in total. The molecule has 0 amide bonds. The zero-order valence-electron chi connectivity index (χ0n) is 13.0. The average Bonchev–Trinajstić information content (AvgIpc) is 3.19. The summed E-state index contributed by atoms with van der Waals surface area (Å²) in [4.78, 5) is 15.8. The molecule has 3 aromatic rings. The minimum Gasteiger partial charge on any atom is -0.360 e. The molecule has 0 aliphatic heterocycles. The number of carbonyl (C=O) groups excluding carboxylic acids is 1. The van der Waals surface area contributed by atoms with E-state index in [0.717, 1.165) is 38.9 Å². The van der Waals surface area contributed by atoms with Crippen molar-refractivity contribution in [2.24, 2.45) is 0 Å². The van der Waals surface area contributed by atoms with Crippen LogP contribution in [0.25, 0.3) is 10.9 Å². The monoisotopic (exact) mass is 346 g/mol.